The Morgan fingerprint density at radius 2 is 2.10 bits per heavy atom. The van der Waals surface area contributed by atoms with E-state index in [9.17, 15) is 4.79 Å². The molecule has 0 aliphatic heterocycles. The van der Waals surface area contributed by atoms with Crippen LogP contribution in [0.3, 0.4) is 0 Å². The minimum atomic E-state index is -0.0786. The van der Waals surface area contributed by atoms with Crippen LogP contribution in [0.25, 0.3) is 10.9 Å². The van der Waals surface area contributed by atoms with E-state index in [0.717, 1.165) is 37.0 Å². The summed E-state index contributed by atoms with van der Waals surface area (Å²) in [5, 5.41) is 3.91. The van der Waals surface area contributed by atoms with Crippen molar-refractivity contribution in [3.63, 3.8) is 0 Å². The lowest BCUT2D eigenvalue weighted by molar-refractivity contribution is 0.0947. The van der Waals surface area contributed by atoms with E-state index in [4.69, 9.17) is 5.73 Å². The first-order chi connectivity index (χ1) is 10.2. The average Bonchev–Trinajstić information content (AvgIpc) is 2.93. The SMILES string of the molecule is CCN(CC)CCCNC(=O)c1cc2cccc(N)c2[nH]1. The Kier molecular flexibility index (Phi) is 5.22. The molecule has 0 bridgehead atoms. The molecule has 0 saturated heterocycles. The molecule has 2 rings (SSSR count). The monoisotopic (exact) mass is 288 g/mol. The van der Waals surface area contributed by atoms with Gasteiger partial charge in [0.15, 0.2) is 0 Å². The zero-order valence-corrected chi connectivity index (χ0v) is 12.8. The predicted molar refractivity (Wildman–Crippen MR) is 87.4 cm³/mol. The molecule has 5 nitrogen and oxygen atoms in total. The third-order valence-electron chi connectivity index (χ3n) is 3.76. The molecule has 114 valence electrons. The second kappa shape index (κ2) is 7.13. The summed E-state index contributed by atoms with van der Waals surface area (Å²) in [6.45, 7) is 8.08. The van der Waals surface area contributed by atoms with Gasteiger partial charge in [-0.2, -0.15) is 0 Å². The summed E-state index contributed by atoms with van der Waals surface area (Å²) in [4.78, 5) is 17.5. The van der Waals surface area contributed by atoms with Crippen LogP contribution in [0.5, 0.6) is 0 Å². The van der Waals surface area contributed by atoms with Crippen molar-refractivity contribution in [3.8, 4) is 0 Å². The minimum Gasteiger partial charge on any atom is -0.397 e. The fourth-order valence-corrected chi connectivity index (χ4v) is 2.44. The summed E-state index contributed by atoms with van der Waals surface area (Å²) in [6.07, 6.45) is 0.954. The van der Waals surface area contributed by atoms with Crippen LogP contribution in [0.2, 0.25) is 0 Å². The van der Waals surface area contributed by atoms with Crippen LogP contribution in [-0.2, 0) is 0 Å². The lowest BCUT2D eigenvalue weighted by atomic mass is 10.2. The number of amides is 1. The topological polar surface area (TPSA) is 74.2 Å². The van der Waals surface area contributed by atoms with Crippen molar-refractivity contribution in [1.29, 1.82) is 0 Å². The zero-order valence-electron chi connectivity index (χ0n) is 12.8. The number of anilines is 1. The molecule has 1 aromatic carbocycles. The highest BCUT2D eigenvalue weighted by Gasteiger charge is 2.10. The van der Waals surface area contributed by atoms with E-state index >= 15 is 0 Å². The highest BCUT2D eigenvalue weighted by atomic mass is 16.1. The van der Waals surface area contributed by atoms with E-state index in [1.165, 1.54) is 0 Å². The number of H-pyrrole nitrogens is 1. The van der Waals surface area contributed by atoms with Gasteiger partial charge < -0.3 is 20.9 Å². The quantitative estimate of drug-likeness (QED) is 0.540. The van der Waals surface area contributed by atoms with Crippen molar-refractivity contribution in [2.45, 2.75) is 20.3 Å². The van der Waals surface area contributed by atoms with Gasteiger partial charge in [-0.3, -0.25) is 4.79 Å². The van der Waals surface area contributed by atoms with E-state index in [1.807, 2.05) is 24.3 Å². The van der Waals surface area contributed by atoms with Crippen molar-refractivity contribution in [1.82, 2.24) is 15.2 Å². The maximum atomic E-state index is 12.1. The van der Waals surface area contributed by atoms with E-state index in [-0.39, 0.29) is 5.91 Å². The molecular weight excluding hydrogens is 264 g/mol. The summed E-state index contributed by atoms with van der Waals surface area (Å²) < 4.78 is 0. The first-order valence-corrected chi connectivity index (χ1v) is 7.53. The standard InChI is InChI=1S/C16H24N4O/c1-3-20(4-2)10-6-9-18-16(21)14-11-12-7-5-8-13(17)15(12)19-14/h5,7-8,11,19H,3-4,6,9-10,17H2,1-2H3,(H,18,21). The second-order valence-electron chi connectivity index (χ2n) is 5.13. The summed E-state index contributed by atoms with van der Waals surface area (Å²) >= 11 is 0. The Morgan fingerprint density at radius 3 is 2.76 bits per heavy atom. The fraction of sp³-hybridized carbons (Fsp3) is 0.438. The van der Waals surface area contributed by atoms with Crippen molar-refractivity contribution in [2.24, 2.45) is 0 Å². The molecule has 0 unspecified atom stereocenters. The lowest BCUT2D eigenvalue weighted by Crippen LogP contribution is -2.30. The molecule has 0 aliphatic rings. The summed E-state index contributed by atoms with van der Waals surface area (Å²) in [6, 6.07) is 7.49. The number of carbonyl (C=O) groups excluding carboxylic acids is 1. The number of nitrogens with zero attached hydrogens (tertiary/aromatic N) is 1. The first-order valence-electron chi connectivity index (χ1n) is 7.53. The number of nitrogens with two attached hydrogens (primary N) is 1. The number of nitrogen functional groups attached to an aromatic ring is 1. The molecule has 0 saturated carbocycles. The van der Waals surface area contributed by atoms with Gasteiger partial charge in [-0.1, -0.05) is 26.0 Å². The number of aromatic nitrogens is 1. The van der Waals surface area contributed by atoms with Gasteiger partial charge in [0.2, 0.25) is 0 Å². The van der Waals surface area contributed by atoms with Gasteiger partial charge >= 0.3 is 0 Å². The molecule has 1 amide bonds. The normalized spacial score (nSPS) is 11.2. The number of nitrogens with one attached hydrogen (secondary N) is 2. The molecule has 0 fully saturated rings. The average molecular weight is 288 g/mol. The molecule has 5 heteroatoms. The Morgan fingerprint density at radius 1 is 1.33 bits per heavy atom. The molecule has 0 atom stereocenters. The molecule has 0 radical (unpaired) electrons. The lowest BCUT2D eigenvalue weighted by Gasteiger charge is -2.17. The van der Waals surface area contributed by atoms with E-state index in [2.05, 4.69) is 29.0 Å². The van der Waals surface area contributed by atoms with Crippen LogP contribution < -0.4 is 11.1 Å². The number of carbonyl (C=O) groups is 1. The summed E-state index contributed by atoms with van der Waals surface area (Å²) in [5.41, 5.74) is 7.93. The van der Waals surface area contributed by atoms with Gasteiger partial charge in [0.25, 0.3) is 5.91 Å². The number of fused-ring (bicyclic) bond motifs is 1. The highest BCUT2D eigenvalue weighted by Crippen LogP contribution is 2.20. The number of aromatic amines is 1. The fourth-order valence-electron chi connectivity index (χ4n) is 2.44. The van der Waals surface area contributed by atoms with Crippen molar-refractivity contribution < 1.29 is 4.79 Å². The number of rotatable bonds is 7. The molecule has 4 N–H and O–H groups in total. The largest absolute Gasteiger partial charge is 0.397 e. The Balaban J connectivity index is 1.89. The molecule has 1 heterocycles. The van der Waals surface area contributed by atoms with Crippen molar-refractivity contribution in [3.05, 3.63) is 30.0 Å². The summed E-state index contributed by atoms with van der Waals surface area (Å²) in [7, 11) is 0. The highest BCUT2D eigenvalue weighted by molar-refractivity contribution is 6.00. The number of para-hydroxylation sites is 1. The van der Waals surface area contributed by atoms with E-state index in [0.29, 0.717) is 17.9 Å². The maximum absolute atomic E-state index is 12.1. The zero-order chi connectivity index (χ0) is 15.2. The molecular formula is C16H24N4O. The Bertz CT molecular complexity index is 601. The number of hydrogen-bond donors (Lipinski definition) is 3. The molecule has 21 heavy (non-hydrogen) atoms. The predicted octanol–water partition coefficient (Wildman–Crippen LogP) is 2.21. The van der Waals surface area contributed by atoms with Gasteiger partial charge in [0, 0.05) is 11.9 Å². The third kappa shape index (κ3) is 3.76. The van der Waals surface area contributed by atoms with Gasteiger partial charge in [0.1, 0.15) is 5.69 Å². The maximum Gasteiger partial charge on any atom is 0.267 e. The van der Waals surface area contributed by atoms with Crippen LogP contribution in [0.1, 0.15) is 30.8 Å². The van der Waals surface area contributed by atoms with Crippen LogP contribution in [-0.4, -0.2) is 42.0 Å². The van der Waals surface area contributed by atoms with Crippen LogP contribution in [0.15, 0.2) is 24.3 Å². The Labute approximate surface area is 125 Å². The van der Waals surface area contributed by atoms with E-state index < -0.39 is 0 Å². The first kappa shape index (κ1) is 15.4. The van der Waals surface area contributed by atoms with Gasteiger partial charge in [-0.15, -0.1) is 0 Å². The molecule has 0 spiro atoms. The smallest absolute Gasteiger partial charge is 0.267 e. The Hall–Kier alpha value is -2.01. The van der Waals surface area contributed by atoms with Crippen molar-refractivity contribution in [2.75, 3.05) is 31.9 Å². The van der Waals surface area contributed by atoms with Gasteiger partial charge in [-0.05, 0) is 38.2 Å². The van der Waals surface area contributed by atoms with E-state index in [1.54, 1.807) is 0 Å². The minimum absolute atomic E-state index is 0.0786. The molecule has 1 aromatic heterocycles. The third-order valence-corrected chi connectivity index (χ3v) is 3.76. The van der Waals surface area contributed by atoms with Crippen LogP contribution in [0, 0.1) is 0 Å². The van der Waals surface area contributed by atoms with Crippen molar-refractivity contribution >= 4 is 22.5 Å². The van der Waals surface area contributed by atoms with Gasteiger partial charge in [-0.25, -0.2) is 0 Å². The molecule has 0 aliphatic carbocycles. The van der Waals surface area contributed by atoms with Crippen LogP contribution in [0.4, 0.5) is 5.69 Å². The number of benzene rings is 1. The molecule has 2 aromatic rings. The second-order valence-corrected chi connectivity index (χ2v) is 5.13. The summed E-state index contributed by atoms with van der Waals surface area (Å²) in [5.74, 6) is -0.0786. The van der Waals surface area contributed by atoms with Crippen LogP contribution >= 0.6 is 0 Å². The number of hydrogen-bond acceptors (Lipinski definition) is 3. The van der Waals surface area contributed by atoms with Gasteiger partial charge in [0.05, 0.1) is 11.2 Å².